The number of carbonyl (C=O) groups is 2. The zero-order valence-electron chi connectivity index (χ0n) is 15.3. The standard InChI is InChI=1S/C19H21N3O5S/c1-27-17-4-2-3-15(11-17)20-18(23)13-5-7-14(8-6-13)21-19(24)22-16-9-10-28(25,26)12-16/h2-8,11,16H,9-10,12H2,1H3,(H,20,23)(H2,21,22,24)/t16-/m0/s1. The first-order valence-electron chi connectivity index (χ1n) is 8.68. The number of benzene rings is 2. The molecule has 8 nitrogen and oxygen atoms in total. The van der Waals surface area contributed by atoms with Crippen LogP contribution in [0.5, 0.6) is 5.75 Å². The van der Waals surface area contributed by atoms with Crippen molar-refractivity contribution in [1.82, 2.24) is 5.32 Å². The number of amides is 3. The molecule has 9 heteroatoms. The van der Waals surface area contributed by atoms with E-state index in [0.29, 0.717) is 29.1 Å². The lowest BCUT2D eigenvalue weighted by Crippen LogP contribution is -2.38. The topological polar surface area (TPSA) is 114 Å². The van der Waals surface area contributed by atoms with E-state index in [0.717, 1.165) is 0 Å². The van der Waals surface area contributed by atoms with Crippen LogP contribution in [0, 0.1) is 0 Å². The summed E-state index contributed by atoms with van der Waals surface area (Å²) in [5.41, 5.74) is 1.53. The second kappa shape index (κ2) is 8.30. The van der Waals surface area contributed by atoms with Gasteiger partial charge < -0.3 is 20.7 Å². The minimum atomic E-state index is -3.05. The molecule has 0 saturated carbocycles. The molecule has 0 aliphatic carbocycles. The molecular formula is C19H21N3O5S. The van der Waals surface area contributed by atoms with Crippen molar-refractivity contribution in [3.63, 3.8) is 0 Å². The molecule has 2 aromatic carbocycles. The van der Waals surface area contributed by atoms with Crippen LogP contribution in [0.1, 0.15) is 16.8 Å². The van der Waals surface area contributed by atoms with E-state index in [4.69, 9.17) is 4.74 Å². The maximum Gasteiger partial charge on any atom is 0.319 e. The first kappa shape index (κ1) is 19.7. The zero-order chi connectivity index (χ0) is 20.1. The number of rotatable bonds is 5. The van der Waals surface area contributed by atoms with E-state index in [-0.39, 0.29) is 23.5 Å². The fraction of sp³-hybridized carbons (Fsp3) is 0.263. The fourth-order valence-corrected chi connectivity index (χ4v) is 4.54. The van der Waals surface area contributed by atoms with Crippen molar-refractivity contribution in [3.8, 4) is 5.75 Å². The molecule has 0 bridgehead atoms. The third-order valence-electron chi connectivity index (χ3n) is 4.30. The van der Waals surface area contributed by atoms with Crippen LogP contribution in [-0.2, 0) is 9.84 Å². The van der Waals surface area contributed by atoms with E-state index in [2.05, 4.69) is 16.0 Å². The number of hydrogen-bond donors (Lipinski definition) is 3. The van der Waals surface area contributed by atoms with Crippen LogP contribution in [0.15, 0.2) is 48.5 Å². The van der Waals surface area contributed by atoms with Gasteiger partial charge in [-0.15, -0.1) is 0 Å². The molecule has 1 aliphatic rings. The summed E-state index contributed by atoms with van der Waals surface area (Å²) < 4.78 is 28.0. The molecule has 148 valence electrons. The molecule has 1 fully saturated rings. The summed E-state index contributed by atoms with van der Waals surface area (Å²) in [5, 5.41) is 8.05. The Kier molecular flexibility index (Phi) is 5.84. The summed E-state index contributed by atoms with van der Waals surface area (Å²) in [6.45, 7) is 0. The largest absolute Gasteiger partial charge is 0.497 e. The van der Waals surface area contributed by atoms with E-state index in [9.17, 15) is 18.0 Å². The highest BCUT2D eigenvalue weighted by Crippen LogP contribution is 2.18. The zero-order valence-corrected chi connectivity index (χ0v) is 16.1. The van der Waals surface area contributed by atoms with Gasteiger partial charge in [0.15, 0.2) is 9.84 Å². The van der Waals surface area contributed by atoms with Gasteiger partial charge in [-0.2, -0.15) is 0 Å². The minimum absolute atomic E-state index is 0.0379. The summed E-state index contributed by atoms with van der Waals surface area (Å²) in [6, 6.07) is 12.5. The molecule has 0 aromatic heterocycles. The molecule has 2 aromatic rings. The second-order valence-electron chi connectivity index (χ2n) is 6.46. The van der Waals surface area contributed by atoms with Gasteiger partial charge in [0.2, 0.25) is 0 Å². The SMILES string of the molecule is COc1cccc(NC(=O)c2ccc(NC(=O)N[C@H]3CCS(=O)(=O)C3)cc2)c1. The van der Waals surface area contributed by atoms with Crippen molar-refractivity contribution >= 4 is 33.2 Å². The van der Waals surface area contributed by atoms with Crippen LogP contribution in [0.4, 0.5) is 16.2 Å². The van der Waals surface area contributed by atoms with Gasteiger partial charge in [0, 0.05) is 29.0 Å². The smallest absolute Gasteiger partial charge is 0.319 e. The van der Waals surface area contributed by atoms with Gasteiger partial charge in [-0.05, 0) is 42.8 Å². The number of hydrogen-bond acceptors (Lipinski definition) is 5. The van der Waals surface area contributed by atoms with Crippen molar-refractivity contribution in [2.75, 3.05) is 29.2 Å². The lowest BCUT2D eigenvalue weighted by molar-refractivity contribution is 0.102. The molecule has 0 spiro atoms. The number of sulfone groups is 1. The summed E-state index contributed by atoms with van der Waals surface area (Å²) in [4.78, 5) is 24.3. The van der Waals surface area contributed by atoms with Crippen molar-refractivity contribution < 1.29 is 22.7 Å². The molecule has 1 saturated heterocycles. The van der Waals surface area contributed by atoms with Gasteiger partial charge >= 0.3 is 6.03 Å². The quantitative estimate of drug-likeness (QED) is 0.709. The van der Waals surface area contributed by atoms with E-state index < -0.39 is 15.9 Å². The first-order chi connectivity index (χ1) is 13.3. The predicted molar refractivity (Wildman–Crippen MR) is 107 cm³/mol. The van der Waals surface area contributed by atoms with Gasteiger partial charge in [-0.25, -0.2) is 13.2 Å². The van der Waals surface area contributed by atoms with Crippen LogP contribution < -0.4 is 20.7 Å². The van der Waals surface area contributed by atoms with Crippen molar-refractivity contribution in [2.24, 2.45) is 0 Å². The second-order valence-corrected chi connectivity index (χ2v) is 8.69. The third kappa shape index (κ3) is 5.23. The molecule has 1 atom stereocenters. The summed E-state index contributed by atoms with van der Waals surface area (Å²) in [5.74, 6) is 0.401. The maximum atomic E-state index is 12.3. The van der Waals surface area contributed by atoms with E-state index in [1.165, 1.54) is 0 Å². The molecule has 0 unspecified atom stereocenters. The van der Waals surface area contributed by atoms with Gasteiger partial charge in [-0.1, -0.05) is 6.07 Å². The van der Waals surface area contributed by atoms with Crippen molar-refractivity contribution in [1.29, 1.82) is 0 Å². The molecular weight excluding hydrogens is 382 g/mol. The Labute approximate surface area is 163 Å². The molecule has 1 heterocycles. The molecule has 28 heavy (non-hydrogen) atoms. The van der Waals surface area contributed by atoms with Gasteiger partial charge in [0.25, 0.3) is 5.91 Å². The Hall–Kier alpha value is -3.07. The summed E-state index contributed by atoms with van der Waals surface area (Å²) in [6.07, 6.45) is 0.416. The Bertz CT molecular complexity index is 973. The number of urea groups is 1. The Morgan fingerprint density at radius 2 is 1.79 bits per heavy atom. The van der Waals surface area contributed by atoms with Crippen LogP contribution in [-0.4, -0.2) is 45.0 Å². The summed E-state index contributed by atoms with van der Waals surface area (Å²) >= 11 is 0. The van der Waals surface area contributed by atoms with Crippen molar-refractivity contribution in [2.45, 2.75) is 12.5 Å². The lowest BCUT2D eigenvalue weighted by atomic mass is 10.2. The van der Waals surface area contributed by atoms with Gasteiger partial charge in [0.05, 0.1) is 18.6 Å². The Morgan fingerprint density at radius 3 is 2.43 bits per heavy atom. The molecule has 3 amide bonds. The van der Waals surface area contributed by atoms with E-state index >= 15 is 0 Å². The molecule has 0 radical (unpaired) electrons. The summed E-state index contributed by atoms with van der Waals surface area (Å²) in [7, 11) is -1.50. The normalized spacial score (nSPS) is 17.5. The predicted octanol–water partition coefficient (Wildman–Crippen LogP) is 2.26. The monoisotopic (exact) mass is 403 g/mol. The number of nitrogens with one attached hydrogen (secondary N) is 3. The maximum absolute atomic E-state index is 12.3. The van der Waals surface area contributed by atoms with Crippen molar-refractivity contribution in [3.05, 3.63) is 54.1 Å². The molecule has 1 aliphatic heterocycles. The number of methoxy groups -OCH3 is 1. The average Bonchev–Trinajstić information content (AvgIpc) is 3.00. The fourth-order valence-electron chi connectivity index (χ4n) is 2.87. The highest BCUT2D eigenvalue weighted by Gasteiger charge is 2.28. The number of ether oxygens (including phenoxy) is 1. The van der Waals surface area contributed by atoms with Gasteiger partial charge in [-0.3, -0.25) is 4.79 Å². The molecule has 3 rings (SSSR count). The first-order valence-corrected chi connectivity index (χ1v) is 10.5. The molecule has 3 N–H and O–H groups in total. The van der Waals surface area contributed by atoms with Crippen LogP contribution in [0.3, 0.4) is 0 Å². The number of carbonyl (C=O) groups excluding carboxylic acids is 2. The van der Waals surface area contributed by atoms with Crippen LogP contribution in [0.2, 0.25) is 0 Å². The Morgan fingerprint density at radius 1 is 1.04 bits per heavy atom. The highest BCUT2D eigenvalue weighted by atomic mass is 32.2. The minimum Gasteiger partial charge on any atom is -0.497 e. The van der Waals surface area contributed by atoms with Gasteiger partial charge in [0.1, 0.15) is 5.75 Å². The van der Waals surface area contributed by atoms with E-state index in [1.54, 1.807) is 55.6 Å². The Balaban J connectivity index is 1.55. The lowest BCUT2D eigenvalue weighted by Gasteiger charge is -2.12. The highest BCUT2D eigenvalue weighted by molar-refractivity contribution is 7.91. The average molecular weight is 403 g/mol. The number of anilines is 2. The van der Waals surface area contributed by atoms with E-state index in [1.807, 2.05) is 0 Å². The van der Waals surface area contributed by atoms with Crippen LogP contribution in [0.25, 0.3) is 0 Å². The van der Waals surface area contributed by atoms with Crippen LogP contribution >= 0.6 is 0 Å². The third-order valence-corrected chi connectivity index (χ3v) is 6.07.